The number of likely N-dealkylation sites (tertiary alicyclic amines) is 1. The maximum Gasteiger partial charge on any atom is 0.471 e. The smallest absolute Gasteiger partial charge is 0.444 e. The summed E-state index contributed by atoms with van der Waals surface area (Å²) in [4.78, 5) is 26.3. The largest absolute Gasteiger partial charge is 0.471 e. The van der Waals surface area contributed by atoms with E-state index >= 15 is 0 Å². The highest BCUT2D eigenvalue weighted by Crippen LogP contribution is 2.29. The minimum Gasteiger partial charge on any atom is -0.444 e. The van der Waals surface area contributed by atoms with Crippen molar-refractivity contribution in [3.8, 4) is 0 Å². The van der Waals surface area contributed by atoms with Gasteiger partial charge in [-0.25, -0.2) is 4.79 Å². The highest BCUT2D eigenvalue weighted by atomic mass is 19.4. The average Bonchev–Trinajstić information content (AvgIpc) is 2.91. The Hall–Kier alpha value is -2.26. The van der Waals surface area contributed by atoms with Gasteiger partial charge in [0.2, 0.25) is 0 Å². The molecule has 10 heteroatoms. The van der Waals surface area contributed by atoms with Crippen LogP contribution >= 0.6 is 0 Å². The summed E-state index contributed by atoms with van der Waals surface area (Å²) in [6, 6.07) is -0.811. The molecule has 1 aliphatic heterocycles. The fourth-order valence-corrected chi connectivity index (χ4v) is 2.82. The second-order valence-corrected chi connectivity index (χ2v) is 7.27. The van der Waals surface area contributed by atoms with E-state index in [-0.39, 0.29) is 12.2 Å². The highest BCUT2D eigenvalue weighted by molar-refractivity contribution is 5.97. The van der Waals surface area contributed by atoms with Crippen LogP contribution in [0.3, 0.4) is 0 Å². The molecule has 1 aromatic heterocycles. The first-order valence-electron chi connectivity index (χ1n) is 8.25. The quantitative estimate of drug-likeness (QED) is 0.796. The molecular formula is C16H23F3N4O3. The van der Waals surface area contributed by atoms with E-state index in [0.717, 1.165) is 0 Å². The van der Waals surface area contributed by atoms with Gasteiger partial charge in [-0.05, 0) is 33.6 Å². The van der Waals surface area contributed by atoms with Crippen molar-refractivity contribution in [3.05, 3.63) is 12.4 Å². The molecule has 26 heavy (non-hydrogen) atoms. The van der Waals surface area contributed by atoms with Gasteiger partial charge in [0.15, 0.2) is 0 Å². The van der Waals surface area contributed by atoms with E-state index < -0.39 is 29.8 Å². The minimum absolute atomic E-state index is 0.0361. The van der Waals surface area contributed by atoms with E-state index in [1.54, 1.807) is 27.8 Å². The number of hydrogen-bond donors (Lipinski definition) is 0. The summed E-state index contributed by atoms with van der Waals surface area (Å²) < 4.78 is 45.9. The van der Waals surface area contributed by atoms with E-state index in [9.17, 15) is 22.8 Å². The Morgan fingerprint density at radius 3 is 2.46 bits per heavy atom. The van der Waals surface area contributed by atoms with Crippen molar-refractivity contribution in [1.82, 2.24) is 14.7 Å². The number of anilines is 1. The molecule has 0 bridgehead atoms. The number of halogens is 3. The van der Waals surface area contributed by atoms with Crippen molar-refractivity contribution in [2.45, 2.75) is 51.4 Å². The molecular weight excluding hydrogens is 353 g/mol. The first-order valence-corrected chi connectivity index (χ1v) is 8.25. The van der Waals surface area contributed by atoms with Crippen LogP contribution in [0.1, 0.15) is 33.6 Å². The molecule has 1 unspecified atom stereocenters. The molecule has 0 spiro atoms. The molecule has 0 aromatic carbocycles. The van der Waals surface area contributed by atoms with Gasteiger partial charge in [-0.1, -0.05) is 0 Å². The number of piperidine rings is 1. The normalized spacial score (nSPS) is 18.6. The number of aromatic nitrogens is 2. The predicted octanol–water partition coefficient (Wildman–Crippen LogP) is 2.71. The predicted molar refractivity (Wildman–Crippen MR) is 87.6 cm³/mol. The Bertz CT molecular complexity index is 666. The number of amides is 2. The molecule has 1 saturated heterocycles. The molecule has 1 aliphatic rings. The number of rotatable bonds is 2. The van der Waals surface area contributed by atoms with Crippen LogP contribution in [0.4, 0.5) is 23.7 Å². The fourth-order valence-electron chi connectivity index (χ4n) is 2.82. The van der Waals surface area contributed by atoms with Crippen LogP contribution in [-0.4, -0.2) is 57.6 Å². The molecule has 0 saturated carbocycles. The topological polar surface area (TPSA) is 67.7 Å². The summed E-state index contributed by atoms with van der Waals surface area (Å²) in [7, 11) is 1.55. The summed E-state index contributed by atoms with van der Waals surface area (Å²) in [6.07, 6.45) is -2.27. The van der Waals surface area contributed by atoms with Crippen molar-refractivity contribution in [2.75, 3.05) is 18.0 Å². The zero-order valence-corrected chi connectivity index (χ0v) is 15.2. The van der Waals surface area contributed by atoms with Gasteiger partial charge >= 0.3 is 18.2 Å². The van der Waals surface area contributed by atoms with Crippen LogP contribution in [0.5, 0.6) is 0 Å². The number of alkyl halides is 3. The highest BCUT2D eigenvalue weighted by Gasteiger charge is 2.46. The lowest BCUT2D eigenvalue weighted by molar-refractivity contribution is -0.171. The Balaban J connectivity index is 2.24. The van der Waals surface area contributed by atoms with Crippen molar-refractivity contribution in [2.24, 2.45) is 7.05 Å². The van der Waals surface area contributed by atoms with Gasteiger partial charge in [-0.3, -0.25) is 14.4 Å². The number of carbonyl (C=O) groups excluding carboxylic acids is 2. The third kappa shape index (κ3) is 4.89. The zero-order valence-electron chi connectivity index (χ0n) is 15.2. The van der Waals surface area contributed by atoms with Gasteiger partial charge in [0.05, 0.1) is 17.9 Å². The molecule has 2 amide bonds. The number of hydrogen-bond acceptors (Lipinski definition) is 4. The maximum atomic E-state index is 13.1. The van der Waals surface area contributed by atoms with E-state index in [2.05, 4.69) is 5.10 Å². The summed E-state index contributed by atoms with van der Waals surface area (Å²) >= 11 is 0. The van der Waals surface area contributed by atoms with Crippen LogP contribution in [-0.2, 0) is 16.6 Å². The standard InChI is InChI=1S/C16H23F3N4O3/c1-15(2,3)26-14(25)22-7-5-6-11(10-22)23(13(24)16(17,18)19)12-8-20-21(4)9-12/h8-9,11H,5-7,10H2,1-4H3. The molecule has 0 radical (unpaired) electrons. The number of ether oxygens (including phenoxy) is 1. The van der Waals surface area contributed by atoms with Gasteiger partial charge in [0.25, 0.3) is 0 Å². The van der Waals surface area contributed by atoms with E-state index in [1.165, 1.54) is 22.0 Å². The second-order valence-electron chi connectivity index (χ2n) is 7.27. The van der Waals surface area contributed by atoms with Crippen LogP contribution < -0.4 is 4.90 Å². The lowest BCUT2D eigenvalue weighted by Gasteiger charge is -2.39. The van der Waals surface area contributed by atoms with Crippen LogP contribution in [0.15, 0.2) is 12.4 Å². The van der Waals surface area contributed by atoms with Crippen LogP contribution in [0.2, 0.25) is 0 Å². The monoisotopic (exact) mass is 376 g/mol. The first kappa shape index (κ1) is 20.1. The zero-order chi connectivity index (χ0) is 19.7. The Morgan fingerprint density at radius 1 is 1.31 bits per heavy atom. The van der Waals surface area contributed by atoms with E-state index in [1.807, 2.05) is 0 Å². The molecule has 146 valence electrons. The Morgan fingerprint density at radius 2 is 1.96 bits per heavy atom. The van der Waals surface area contributed by atoms with E-state index in [0.29, 0.717) is 24.3 Å². The minimum atomic E-state index is -5.02. The molecule has 0 N–H and O–H groups in total. The second kappa shape index (κ2) is 7.16. The lowest BCUT2D eigenvalue weighted by atomic mass is 10.0. The number of aryl methyl sites for hydroxylation is 1. The first-order chi connectivity index (χ1) is 11.9. The SMILES string of the molecule is Cn1cc(N(C(=O)C(F)(F)F)C2CCCN(C(=O)OC(C)(C)C)C2)cn1. The summed E-state index contributed by atoms with van der Waals surface area (Å²) in [5, 5.41) is 3.85. The van der Waals surface area contributed by atoms with E-state index in [4.69, 9.17) is 4.74 Å². The van der Waals surface area contributed by atoms with Gasteiger partial charge in [0, 0.05) is 26.3 Å². The van der Waals surface area contributed by atoms with Gasteiger partial charge < -0.3 is 9.64 Å². The number of carbonyl (C=O) groups is 2. The lowest BCUT2D eigenvalue weighted by Crippen LogP contribution is -2.55. The van der Waals surface area contributed by atoms with Crippen LogP contribution in [0, 0.1) is 0 Å². The Labute approximate surface area is 149 Å². The van der Waals surface area contributed by atoms with Crippen LogP contribution in [0.25, 0.3) is 0 Å². The summed E-state index contributed by atoms with van der Waals surface area (Å²) in [5.41, 5.74) is -0.666. The molecule has 1 atom stereocenters. The van der Waals surface area contributed by atoms with Gasteiger partial charge in [-0.2, -0.15) is 18.3 Å². The number of nitrogens with zero attached hydrogens (tertiary/aromatic N) is 4. The average molecular weight is 376 g/mol. The van der Waals surface area contributed by atoms with Crippen molar-refractivity contribution in [3.63, 3.8) is 0 Å². The summed E-state index contributed by atoms with van der Waals surface area (Å²) in [6.45, 7) is 5.46. The van der Waals surface area contributed by atoms with Crippen molar-refractivity contribution >= 4 is 17.7 Å². The third-order valence-corrected chi connectivity index (χ3v) is 3.84. The van der Waals surface area contributed by atoms with Gasteiger partial charge in [0.1, 0.15) is 5.60 Å². The van der Waals surface area contributed by atoms with Gasteiger partial charge in [-0.15, -0.1) is 0 Å². The van der Waals surface area contributed by atoms with Crippen molar-refractivity contribution in [1.29, 1.82) is 0 Å². The molecule has 0 aliphatic carbocycles. The third-order valence-electron chi connectivity index (χ3n) is 3.84. The van der Waals surface area contributed by atoms with Crippen molar-refractivity contribution < 1.29 is 27.5 Å². The molecule has 1 fully saturated rings. The molecule has 1 aromatic rings. The maximum absolute atomic E-state index is 13.1. The molecule has 2 heterocycles. The Kier molecular flexibility index (Phi) is 5.52. The molecule has 7 nitrogen and oxygen atoms in total. The molecule has 2 rings (SSSR count). The summed E-state index contributed by atoms with van der Waals surface area (Å²) in [5.74, 6) is -1.97. The fraction of sp³-hybridized carbons (Fsp3) is 0.688.